The van der Waals surface area contributed by atoms with E-state index in [4.69, 9.17) is 0 Å². The third-order valence-corrected chi connectivity index (χ3v) is 4.58. The summed E-state index contributed by atoms with van der Waals surface area (Å²) < 4.78 is 39.6. The first kappa shape index (κ1) is 15.6. The fourth-order valence-corrected chi connectivity index (χ4v) is 2.92. The Labute approximate surface area is 123 Å². The maximum Gasteiger partial charge on any atom is 0.240 e. The Morgan fingerprint density at radius 2 is 1.81 bits per heavy atom. The van der Waals surface area contributed by atoms with Crippen LogP contribution in [0.5, 0.6) is 0 Å². The molecule has 0 unspecified atom stereocenters. The van der Waals surface area contributed by atoms with Gasteiger partial charge in [0.05, 0.1) is 11.5 Å². The van der Waals surface area contributed by atoms with Gasteiger partial charge in [0, 0.05) is 6.54 Å². The molecule has 0 aliphatic heterocycles. The molecule has 2 N–H and O–H groups in total. The molecule has 0 amide bonds. The van der Waals surface area contributed by atoms with Crippen LogP contribution >= 0.6 is 0 Å². The van der Waals surface area contributed by atoms with Crippen molar-refractivity contribution in [3.05, 3.63) is 65.0 Å². The highest BCUT2D eigenvalue weighted by atomic mass is 32.2. The van der Waals surface area contributed by atoms with E-state index in [0.717, 1.165) is 5.56 Å². The van der Waals surface area contributed by atoms with E-state index in [1.165, 1.54) is 36.4 Å². The molecule has 0 atom stereocenters. The van der Waals surface area contributed by atoms with Crippen molar-refractivity contribution in [1.82, 2.24) is 4.72 Å². The van der Waals surface area contributed by atoms with Gasteiger partial charge in [-0.2, -0.15) is 0 Å². The van der Waals surface area contributed by atoms with Crippen LogP contribution in [0.3, 0.4) is 0 Å². The minimum Gasteiger partial charge on any atom is -0.392 e. The highest BCUT2D eigenvalue weighted by Gasteiger charge is 2.15. The maximum atomic E-state index is 12.8. The minimum absolute atomic E-state index is 0.0744. The number of aliphatic hydroxyl groups excluding tert-OH is 1. The summed E-state index contributed by atoms with van der Waals surface area (Å²) in [5.74, 6) is -0.368. The summed E-state index contributed by atoms with van der Waals surface area (Å²) in [5.41, 5.74) is 2.06. The molecule has 0 fully saturated rings. The van der Waals surface area contributed by atoms with E-state index in [-0.39, 0.29) is 23.9 Å². The van der Waals surface area contributed by atoms with E-state index in [1.807, 2.05) is 0 Å². The Balaban J connectivity index is 2.16. The number of aliphatic hydroxyl groups is 1. The predicted octanol–water partition coefficient (Wildman–Crippen LogP) is 2.10. The molecule has 0 heterocycles. The second-order valence-corrected chi connectivity index (χ2v) is 6.46. The monoisotopic (exact) mass is 309 g/mol. The molecule has 0 saturated carbocycles. The Bertz CT molecular complexity index is 727. The van der Waals surface area contributed by atoms with Crippen molar-refractivity contribution in [2.24, 2.45) is 0 Å². The molecule has 0 saturated heterocycles. The van der Waals surface area contributed by atoms with Crippen molar-refractivity contribution in [3.8, 4) is 0 Å². The lowest BCUT2D eigenvalue weighted by Gasteiger charge is -2.09. The zero-order chi connectivity index (χ0) is 15.5. The first-order chi connectivity index (χ1) is 9.92. The van der Waals surface area contributed by atoms with Gasteiger partial charge < -0.3 is 5.11 Å². The predicted molar refractivity (Wildman–Crippen MR) is 77.5 cm³/mol. The quantitative estimate of drug-likeness (QED) is 0.889. The van der Waals surface area contributed by atoms with Gasteiger partial charge in [-0.25, -0.2) is 17.5 Å². The first-order valence-corrected chi connectivity index (χ1v) is 7.85. The van der Waals surface area contributed by atoms with Crippen molar-refractivity contribution < 1.29 is 17.9 Å². The Hall–Kier alpha value is -1.76. The van der Waals surface area contributed by atoms with Crippen LogP contribution in [-0.2, 0) is 23.2 Å². The lowest BCUT2D eigenvalue weighted by molar-refractivity contribution is 0.280. The maximum absolute atomic E-state index is 12.8. The molecule has 0 aromatic heterocycles. The van der Waals surface area contributed by atoms with Crippen molar-refractivity contribution >= 4 is 10.0 Å². The SMILES string of the molecule is Cc1ccc(S(=O)(=O)NCc2ccc(F)cc2)cc1CO. The smallest absolute Gasteiger partial charge is 0.240 e. The van der Waals surface area contributed by atoms with Gasteiger partial charge in [0.2, 0.25) is 10.0 Å². The average Bonchev–Trinajstić information content (AvgIpc) is 2.47. The van der Waals surface area contributed by atoms with E-state index in [2.05, 4.69) is 4.72 Å². The van der Waals surface area contributed by atoms with Crippen LogP contribution in [0.1, 0.15) is 16.7 Å². The molecule has 6 heteroatoms. The van der Waals surface area contributed by atoms with Gasteiger partial charge in [0.1, 0.15) is 5.82 Å². The van der Waals surface area contributed by atoms with E-state index >= 15 is 0 Å². The molecule has 4 nitrogen and oxygen atoms in total. The highest BCUT2D eigenvalue weighted by molar-refractivity contribution is 7.89. The molecule has 2 rings (SSSR count). The van der Waals surface area contributed by atoms with Gasteiger partial charge in [-0.3, -0.25) is 0 Å². The molecular formula is C15H16FNO3S. The van der Waals surface area contributed by atoms with Crippen LogP contribution in [0.4, 0.5) is 4.39 Å². The Morgan fingerprint density at radius 3 is 2.43 bits per heavy atom. The number of hydrogen-bond donors (Lipinski definition) is 2. The largest absolute Gasteiger partial charge is 0.392 e. The van der Waals surface area contributed by atoms with Crippen LogP contribution < -0.4 is 4.72 Å². The van der Waals surface area contributed by atoms with E-state index in [1.54, 1.807) is 13.0 Å². The number of rotatable bonds is 5. The van der Waals surface area contributed by atoms with Gasteiger partial charge in [0.25, 0.3) is 0 Å². The molecule has 2 aromatic rings. The summed E-state index contributed by atoms with van der Waals surface area (Å²) in [7, 11) is -3.67. The van der Waals surface area contributed by atoms with Crippen LogP contribution in [-0.4, -0.2) is 13.5 Å². The number of benzene rings is 2. The summed E-state index contributed by atoms with van der Waals surface area (Å²) in [6, 6.07) is 10.2. The van der Waals surface area contributed by atoms with Crippen LogP contribution in [0.15, 0.2) is 47.4 Å². The normalized spacial score (nSPS) is 11.6. The average molecular weight is 309 g/mol. The second-order valence-electron chi connectivity index (χ2n) is 4.70. The van der Waals surface area contributed by atoms with Crippen molar-refractivity contribution in [1.29, 1.82) is 0 Å². The molecular weight excluding hydrogens is 293 g/mol. The molecule has 2 aromatic carbocycles. The van der Waals surface area contributed by atoms with E-state index in [9.17, 15) is 17.9 Å². The summed E-state index contributed by atoms with van der Waals surface area (Å²) in [6.45, 7) is 1.66. The summed E-state index contributed by atoms with van der Waals surface area (Å²) in [6.07, 6.45) is 0. The van der Waals surface area contributed by atoms with Crippen molar-refractivity contribution in [2.75, 3.05) is 0 Å². The third-order valence-electron chi connectivity index (χ3n) is 3.18. The zero-order valence-electron chi connectivity index (χ0n) is 11.5. The second kappa shape index (κ2) is 6.34. The highest BCUT2D eigenvalue weighted by Crippen LogP contribution is 2.16. The fraction of sp³-hybridized carbons (Fsp3) is 0.200. The van der Waals surface area contributed by atoms with Gasteiger partial charge >= 0.3 is 0 Å². The number of nitrogens with one attached hydrogen (secondary N) is 1. The van der Waals surface area contributed by atoms with E-state index in [0.29, 0.717) is 11.1 Å². The number of hydrogen-bond acceptors (Lipinski definition) is 3. The van der Waals surface area contributed by atoms with Crippen molar-refractivity contribution in [3.63, 3.8) is 0 Å². The number of halogens is 1. The fourth-order valence-electron chi connectivity index (χ4n) is 1.85. The summed E-state index contributed by atoms with van der Waals surface area (Å²) in [4.78, 5) is 0.0965. The van der Waals surface area contributed by atoms with Gasteiger partial charge in [-0.1, -0.05) is 18.2 Å². The lowest BCUT2D eigenvalue weighted by atomic mass is 10.1. The van der Waals surface area contributed by atoms with Gasteiger partial charge in [0.15, 0.2) is 0 Å². The topological polar surface area (TPSA) is 66.4 Å². The van der Waals surface area contributed by atoms with Crippen LogP contribution in [0.2, 0.25) is 0 Å². The van der Waals surface area contributed by atoms with Crippen LogP contribution in [0, 0.1) is 12.7 Å². The van der Waals surface area contributed by atoms with Gasteiger partial charge in [-0.15, -0.1) is 0 Å². The van der Waals surface area contributed by atoms with E-state index < -0.39 is 10.0 Å². The third kappa shape index (κ3) is 3.87. The molecule has 0 spiro atoms. The first-order valence-electron chi connectivity index (χ1n) is 6.37. The zero-order valence-corrected chi connectivity index (χ0v) is 12.3. The Kier molecular flexibility index (Phi) is 4.72. The van der Waals surface area contributed by atoms with Gasteiger partial charge in [-0.05, 0) is 47.9 Å². The lowest BCUT2D eigenvalue weighted by Crippen LogP contribution is -2.23. The number of sulfonamides is 1. The molecule has 0 bridgehead atoms. The standard InChI is InChI=1S/C15H16FNO3S/c1-11-2-7-15(8-13(11)10-18)21(19,20)17-9-12-3-5-14(16)6-4-12/h2-8,17-18H,9-10H2,1H3. The summed E-state index contributed by atoms with van der Waals surface area (Å²) in [5, 5.41) is 9.19. The Morgan fingerprint density at radius 1 is 1.14 bits per heavy atom. The molecule has 112 valence electrons. The van der Waals surface area contributed by atoms with Crippen LogP contribution in [0.25, 0.3) is 0 Å². The summed E-state index contributed by atoms with van der Waals surface area (Å²) >= 11 is 0. The molecule has 0 aliphatic rings. The molecule has 0 aliphatic carbocycles. The minimum atomic E-state index is -3.67. The van der Waals surface area contributed by atoms with Crippen molar-refractivity contribution in [2.45, 2.75) is 25.0 Å². The molecule has 21 heavy (non-hydrogen) atoms. The number of aryl methyl sites for hydroxylation is 1. The molecule has 0 radical (unpaired) electrons.